The van der Waals surface area contributed by atoms with Gasteiger partial charge in [0.2, 0.25) is 0 Å². The van der Waals surface area contributed by atoms with Crippen molar-refractivity contribution in [1.82, 2.24) is 4.98 Å². The number of amides is 1. The molecule has 1 aromatic rings. The van der Waals surface area contributed by atoms with E-state index in [1.165, 1.54) is 0 Å². The third kappa shape index (κ3) is 2.27. The number of carbonyl (C=O) groups is 2. The Bertz CT molecular complexity index is 489. The van der Waals surface area contributed by atoms with Crippen LogP contribution in [0.15, 0.2) is 18.2 Å². The molecule has 2 atom stereocenters. The van der Waals surface area contributed by atoms with Crippen LogP contribution in [0.2, 0.25) is 0 Å². The van der Waals surface area contributed by atoms with E-state index in [0.717, 1.165) is 0 Å². The lowest BCUT2D eigenvalue weighted by Gasteiger charge is -2.17. The Morgan fingerprint density at radius 2 is 2.17 bits per heavy atom. The molecule has 2 rings (SSSR count). The van der Waals surface area contributed by atoms with Gasteiger partial charge in [0.05, 0.1) is 5.92 Å². The van der Waals surface area contributed by atoms with Gasteiger partial charge in [-0.3, -0.25) is 9.59 Å². The molecule has 0 aromatic carbocycles. The van der Waals surface area contributed by atoms with E-state index in [9.17, 15) is 9.59 Å². The average Bonchev–Trinajstić information content (AvgIpc) is 2.71. The number of pyridine rings is 1. The van der Waals surface area contributed by atoms with Crippen molar-refractivity contribution in [2.75, 3.05) is 18.0 Å². The van der Waals surface area contributed by atoms with Crippen molar-refractivity contribution in [1.29, 1.82) is 0 Å². The molecule has 0 radical (unpaired) electrons. The summed E-state index contributed by atoms with van der Waals surface area (Å²) >= 11 is 0. The molecule has 2 heterocycles. The second-order valence-corrected chi connectivity index (χ2v) is 4.57. The topological polar surface area (TPSA) is 96.5 Å². The molecule has 0 aliphatic carbocycles. The minimum absolute atomic E-state index is 0.0570. The lowest BCUT2D eigenvalue weighted by atomic mass is 9.99. The van der Waals surface area contributed by atoms with Gasteiger partial charge in [-0.1, -0.05) is 13.0 Å². The number of carboxylic acids is 1. The first-order valence-corrected chi connectivity index (χ1v) is 5.73. The van der Waals surface area contributed by atoms with E-state index in [-0.39, 0.29) is 11.6 Å². The fraction of sp³-hybridized carbons (Fsp3) is 0.417. The summed E-state index contributed by atoms with van der Waals surface area (Å²) in [5.74, 6) is -1.12. The Balaban J connectivity index is 2.21. The van der Waals surface area contributed by atoms with Crippen molar-refractivity contribution in [3.8, 4) is 0 Å². The van der Waals surface area contributed by atoms with Crippen LogP contribution in [-0.4, -0.2) is 35.1 Å². The number of nitrogens with two attached hydrogens (primary N) is 1. The molecule has 0 saturated carbocycles. The van der Waals surface area contributed by atoms with Crippen LogP contribution in [0, 0.1) is 11.8 Å². The molecule has 1 aliphatic heterocycles. The summed E-state index contributed by atoms with van der Waals surface area (Å²) in [5, 5.41) is 9.07. The highest BCUT2D eigenvalue weighted by atomic mass is 16.4. The highest BCUT2D eigenvalue weighted by Gasteiger charge is 2.35. The first-order valence-electron chi connectivity index (χ1n) is 5.73. The summed E-state index contributed by atoms with van der Waals surface area (Å²) in [6.45, 7) is 2.93. The molecule has 1 saturated heterocycles. The molecular formula is C12H15N3O3. The first-order chi connectivity index (χ1) is 8.49. The number of anilines is 1. The number of carboxylic acid groups (broad SMARTS) is 1. The Hall–Kier alpha value is -2.11. The van der Waals surface area contributed by atoms with E-state index in [0.29, 0.717) is 18.9 Å². The molecule has 1 fully saturated rings. The van der Waals surface area contributed by atoms with Gasteiger partial charge in [-0.2, -0.15) is 0 Å². The number of aromatic nitrogens is 1. The summed E-state index contributed by atoms with van der Waals surface area (Å²) in [5.41, 5.74) is 5.36. The van der Waals surface area contributed by atoms with Crippen molar-refractivity contribution in [2.24, 2.45) is 17.6 Å². The molecule has 1 aliphatic rings. The van der Waals surface area contributed by atoms with Gasteiger partial charge in [0.15, 0.2) is 0 Å². The summed E-state index contributed by atoms with van der Waals surface area (Å²) in [6.07, 6.45) is 0. The minimum Gasteiger partial charge on any atom is -0.481 e. The summed E-state index contributed by atoms with van der Waals surface area (Å²) in [6, 6.07) is 4.99. The highest BCUT2D eigenvalue weighted by Crippen LogP contribution is 2.27. The van der Waals surface area contributed by atoms with Gasteiger partial charge >= 0.3 is 5.97 Å². The Labute approximate surface area is 104 Å². The summed E-state index contributed by atoms with van der Waals surface area (Å²) < 4.78 is 0. The fourth-order valence-electron chi connectivity index (χ4n) is 2.21. The summed E-state index contributed by atoms with van der Waals surface area (Å²) in [7, 11) is 0. The molecule has 6 nitrogen and oxygen atoms in total. The monoisotopic (exact) mass is 249 g/mol. The van der Waals surface area contributed by atoms with Crippen LogP contribution in [0.5, 0.6) is 0 Å². The van der Waals surface area contributed by atoms with E-state index in [4.69, 9.17) is 10.8 Å². The number of aliphatic carboxylic acids is 1. The standard InChI is InChI=1S/C12H15N3O3/c1-7-5-15(6-8(7)12(17)18)10-4-2-3-9(14-10)11(13)16/h2-4,7-8H,5-6H2,1H3,(H2,13,16)(H,17,18). The third-order valence-corrected chi connectivity index (χ3v) is 3.24. The molecule has 6 heteroatoms. The third-order valence-electron chi connectivity index (χ3n) is 3.24. The van der Waals surface area contributed by atoms with Crippen LogP contribution in [0.25, 0.3) is 0 Å². The van der Waals surface area contributed by atoms with Gasteiger partial charge in [-0.15, -0.1) is 0 Å². The molecule has 0 bridgehead atoms. The number of hydrogen-bond donors (Lipinski definition) is 2. The normalized spacial score (nSPS) is 23.1. The largest absolute Gasteiger partial charge is 0.481 e. The fourth-order valence-corrected chi connectivity index (χ4v) is 2.21. The number of rotatable bonds is 3. The Kier molecular flexibility index (Phi) is 3.18. The first kappa shape index (κ1) is 12.3. The molecule has 2 unspecified atom stereocenters. The second kappa shape index (κ2) is 4.64. The highest BCUT2D eigenvalue weighted by molar-refractivity contribution is 5.91. The van der Waals surface area contributed by atoms with Crippen molar-refractivity contribution >= 4 is 17.7 Å². The second-order valence-electron chi connectivity index (χ2n) is 4.57. The van der Waals surface area contributed by atoms with Gasteiger partial charge in [0.1, 0.15) is 11.5 Å². The maximum absolute atomic E-state index is 11.1. The van der Waals surface area contributed by atoms with Crippen molar-refractivity contribution in [3.05, 3.63) is 23.9 Å². The number of carbonyl (C=O) groups excluding carboxylic acids is 1. The predicted octanol–water partition coefficient (Wildman–Crippen LogP) is 0.337. The van der Waals surface area contributed by atoms with Crippen LogP contribution in [0.4, 0.5) is 5.82 Å². The van der Waals surface area contributed by atoms with Crippen molar-refractivity contribution in [3.63, 3.8) is 0 Å². The Morgan fingerprint density at radius 3 is 2.72 bits per heavy atom. The van der Waals surface area contributed by atoms with E-state index in [1.807, 2.05) is 11.8 Å². The molecule has 3 N–H and O–H groups in total. The van der Waals surface area contributed by atoms with Gasteiger partial charge in [0, 0.05) is 13.1 Å². The lowest BCUT2D eigenvalue weighted by molar-refractivity contribution is -0.142. The van der Waals surface area contributed by atoms with Gasteiger partial charge in [-0.25, -0.2) is 4.98 Å². The quantitative estimate of drug-likeness (QED) is 0.805. The molecule has 96 valence electrons. The maximum Gasteiger partial charge on any atom is 0.308 e. The van der Waals surface area contributed by atoms with Crippen molar-refractivity contribution < 1.29 is 14.7 Å². The molecular weight excluding hydrogens is 234 g/mol. The van der Waals surface area contributed by atoms with E-state index in [2.05, 4.69) is 4.98 Å². The maximum atomic E-state index is 11.1. The Morgan fingerprint density at radius 1 is 1.44 bits per heavy atom. The van der Waals surface area contributed by atoms with E-state index in [1.54, 1.807) is 18.2 Å². The van der Waals surface area contributed by atoms with Crippen LogP contribution in [-0.2, 0) is 4.79 Å². The number of hydrogen-bond acceptors (Lipinski definition) is 4. The van der Waals surface area contributed by atoms with Gasteiger partial charge in [0.25, 0.3) is 5.91 Å². The van der Waals surface area contributed by atoms with E-state index >= 15 is 0 Å². The lowest BCUT2D eigenvalue weighted by Crippen LogP contribution is -2.24. The number of nitrogens with zero attached hydrogens (tertiary/aromatic N) is 2. The van der Waals surface area contributed by atoms with Crippen LogP contribution >= 0.6 is 0 Å². The predicted molar refractivity (Wildman–Crippen MR) is 65.3 cm³/mol. The zero-order chi connectivity index (χ0) is 13.3. The summed E-state index contributed by atoms with van der Waals surface area (Å²) in [4.78, 5) is 28.1. The minimum atomic E-state index is -0.795. The molecule has 1 amide bonds. The van der Waals surface area contributed by atoms with Crippen LogP contribution in [0.1, 0.15) is 17.4 Å². The SMILES string of the molecule is CC1CN(c2cccc(C(N)=O)n2)CC1C(=O)O. The molecule has 1 aromatic heterocycles. The zero-order valence-electron chi connectivity index (χ0n) is 10.0. The molecule has 18 heavy (non-hydrogen) atoms. The van der Waals surface area contributed by atoms with Crippen LogP contribution < -0.4 is 10.6 Å². The van der Waals surface area contributed by atoms with Gasteiger partial charge < -0.3 is 15.7 Å². The van der Waals surface area contributed by atoms with Crippen molar-refractivity contribution in [2.45, 2.75) is 6.92 Å². The smallest absolute Gasteiger partial charge is 0.308 e. The number of primary amides is 1. The van der Waals surface area contributed by atoms with Crippen LogP contribution in [0.3, 0.4) is 0 Å². The molecule has 0 spiro atoms. The average molecular weight is 249 g/mol. The zero-order valence-corrected chi connectivity index (χ0v) is 10.0. The van der Waals surface area contributed by atoms with E-state index < -0.39 is 17.8 Å². The van der Waals surface area contributed by atoms with Gasteiger partial charge in [-0.05, 0) is 18.1 Å².